The molecule has 0 aromatic heterocycles. The third-order valence-electron chi connectivity index (χ3n) is 5.10. The third kappa shape index (κ3) is 7.97. The number of carbonyl (C=O) groups is 2. The Kier molecular flexibility index (Phi) is 9.35. The van der Waals surface area contributed by atoms with E-state index in [0.717, 1.165) is 29.4 Å². The molecule has 33 heavy (non-hydrogen) atoms. The number of amides is 3. The molecule has 0 aliphatic rings. The Morgan fingerprint density at radius 2 is 1.30 bits per heavy atom. The molecule has 3 N–H and O–H groups in total. The second-order valence-electron chi connectivity index (χ2n) is 7.38. The number of nitrogens with zero attached hydrogens (tertiary/aromatic N) is 1. The van der Waals surface area contributed by atoms with Crippen molar-refractivity contribution in [1.29, 1.82) is 0 Å². The van der Waals surface area contributed by atoms with Gasteiger partial charge in [-0.3, -0.25) is 4.79 Å². The Balaban J connectivity index is 1.46. The van der Waals surface area contributed by atoms with Crippen molar-refractivity contribution in [3.8, 4) is 0 Å². The standard InChI is InChI=1S/C26H30N4O2S/c1-3-30(4-2)19-18-27-25(31)20-10-12-21(13-11-20)28-26(32)29-22-14-16-24(17-15-22)33-23-8-6-5-7-9-23/h5-17H,3-4,18-19H2,1-2H3,(H,27,31)(H2,28,29,32). The van der Waals surface area contributed by atoms with E-state index in [-0.39, 0.29) is 11.9 Å². The Morgan fingerprint density at radius 3 is 1.88 bits per heavy atom. The lowest BCUT2D eigenvalue weighted by Crippen LogP contribution is -2.34. The Labute approximate surface area is 199 Å². The van der Waals surface area contributed by atoms with Crippen molar-refractivity contribution in [2.75, 3.05) is 36.8 Å². The number of likely N-dealkylation sites (N-methyl/N-ethyl adjacent to an activating group) is 1. The minimum atomic E-state index is -0.338. The average Bonchev–Trinajstić information content (AvgIpc) is 2.84. The van der Waals surface area contributed by atoms with Crippen molar-refractivity contribution in [2.24, 2.45) is 0 Å². The third-order valence-corrected chi connectivity index (χ3v) is 6.12. The molecular weight excluding hydrogens is 432 g/mol. The van der Waals surface area contributed by atoms with Crippen LogP contribution >= 0.6 is 11.8 Å². The van der Waals surface area contributed by atoms with Crippen LogP contribution in [0.2, 0.25) is 0 Å². The Morgan fingerprint density at radius 1 is 0.758 bits per heavy atom. The Bertz CT molecular complexity index is 1020. The number of benzene rings is 3. The zero-order chi connectivity index (χ0) is 23.5. The first kappa shape index (κ1) is 24.4. The van der Waals surface area contributed by atoms with E-state index < -0.39 is 0 Å². The number of rotatable bonds is 10. The van der Waals surface area contributed by atoms with Gasteiger partial charge in [-0.1, -0.05) is 43.8 Å². The van der Waals surface area contributed by atoms with Crippen LogP contribution < -0.4 is 16.0 Å². The first-order chi connectivity index (χ1) is 16.1. The second kappa shape index (κ2) is 12.7. The summed E-state index contributed by atoms with van der Waals surface area (Å²) >= 11 is 1.67. The van der Waals surface area contributed by atoms with Gasteiger partial charge in [0.15, 0.2) is 0 Å². The molecule has 3 rings (SSSR count). The number of hydrogen-bond donors (Lipinski definition) is 3. The molecule has 0 saturated heterocycles. The molecule has 0 bridgehead atoms. The maximum Gasteiger partial charge on any atom is 0.323 e. The first-order valence-corrected chi connectivity index (χ1v) is 11.9. The molecule has 0 fully saturated rings. The van der Waals surface area contributed by atoms with Crippen molar-refractivity contribution < 1.29 is 9.59 Å². The lowest BCUT2D eigenvalue weighted by molar-refractivity contribution is 0.0949. The monoisotopic (exact) mass is 462 g/mol. The molecule has 172 valence electrons. The molecule has 7 heteroatoms. The van der Waals surface area contributed by atoms with E-state index in [1.54, 1.807) is 36.0 Å². The minimum absolute atomic E-state index is 0.119. The summed E-state index contributed by atoms with van der Waals surface area (Å²) in [5.74, 6) is -0.119. The molecule has 0 radical (unpaired) electrons. The van der Waals surface area contributed by atoms with E-state index in [2.05, 4.69) is 46.8 Å². The number of nitrogens with one attached hydrogen (secondary N) is 3. The first-order valence-electron chi connectivity index (χ1n) is 11.1. The lowest BCUT2D eigenvalue weighted by atomic mass is 10.2. The molecule has 0 saturated carbocycles. The maximum atomic E-state index is 12.3. The summed E-state index contributed by atoms with van der Waals surface area (Å²) in [6, 6.07) is 24.3. The number of carbonyl (C=O) groups excluding carboxylic acids is 2. The predicted octanol–water partition coefficient (Wildman–Crippen LogP) is 5.55. The van der Waals surface area contributed by atoms with Gasteiger partial charge in [-0.05, 0) is 73.8 Å². The number of urea groups is 1. The lowest BCUT2D eigenvalue weighted by Gasteiger charge is -2.18. The largest absolute Gasteiger partial charge is 0.351 e. The zero-order valence-electron chi connectivity index (χ0n) is 19.0. The minimum Gasteiger partial charge on any atom is -0.351 e. The van der Waals surface area contributed by atoms with Crippen molar-refractivity contribution in [2.45, 2.75) is 23.6 Å². The van der Waals surface area contributed by atoms with Crippen LogP contribution in [0.15, 0.2) is 88.7 Å². The highest BCUT2D eigenvalue weighted by Crippen LogP contribution is 2.28. The predicted molar refractivity (Wildman–Crippen MR) is 136 cm³/mol. The number of hydrogen-bond acceptors (Lipinski definition) is 4. The van der Waals surface area contributed by atoms with Crippen LogP contribution in [0.5, 0.6) is 0 Å². The fourth-order valence-corrected chi connectivity index (χ4v) is 4.04. The SMILES string of the molecule is CCN(CC)CCNC(=O)c1ccc(NC(=O)Nc2ccc(Sc3ccccc3)cc2)cc1. The summed E-state index contributed by atoms with van der Waals surface area (Å²) in [5.41, 5.74) is 1.88. The van der Waals surface area contributed by atoms with Crippen molar-refractivity contribution >= 4 is 35.1 Å². The van der Waals surface area contributed by atoms with Crippen LogP contribution in [-0.4, -0.2) is 43.0 Å². The van der Waals surface area contributed by atoms with Gasteiger partial charge in [0.2, 0.25) is 0 Å². The topological polar surface area (TPSA) is 73.5 Å². The molecule has 3 amide bonds. The highest BCUT2D eigenvalue weighted by atomic mass is 32.2. The van der Waals surface area contributed by atoms with Gasteiger partial charge in [-0.2, -0.15) is 0 Å². The van der Waals surface area contributed by atoms with Crippen LogP contribution in [0.3, 0.4) is 0 Å². The molecule has 0 spiro atoms. The molecule has 6 nitrogen and oxygen atoms in total. The van der Waals surface area contributed by atoms with Crippen LogP contribution in [0.4, 0.5) is 16.2 Å². The summed E-state index contributed by atoms with van der Waals surface area (Å²) < 4.78 is 0. The maximum absolute atomic E-state index is 12.3. The normalized spacial score (nSPS) is 10.6. The Hall–Kier alpha value is -3.29. The molecule has 0 aliphatic carbocycles. The van der Waals surface area contributed by atoms with E-state index in [4.69, 9.17) is 0 Å². The molecule has 3 aromatic rings. The summed E-state index contributed by atoms with van der Waals surface area (Å²) in [6.45, 7) is 7.56. The van der Waals surface area contributed by atoms with E-state index in [1.807, 2.05) is 42.5 Å². The van der Waals surface area contributed by atoms with Gasteiger partial charge in [0.05, 0.1) is 0 Å². The van der Waals surface area contributed by atoms with Gasteiger partial charge in [0, 0.05) is 39.8 Å². The molecule has 0 atom stereocenters. The summed E-state index contributed by atoms with van der Waals surface area (Å²) in [7, 11) is 0. The summed E-state index contributed by atoms with van der Waals surface area (Å²) in [4.78, 5) is 29.1. The van der Waals surface area contributed by atoms with Crippen molar-refractivity contribution in [3.63, 3.8) is 0 Å². The van der Waals surface area contributed by atoms with Gasteiger partial charge >= 0.3 is 6.03 Å². The highest BCUT2D eigenvalue weighted by molar-refractivity contribution is 7.99. The van der Waals surface area contributed by atoms with Gasteiger partial charge in [0.1, 0.15) is 0 Å². The zero-order valence-corrected chi connectivity index (χ0v) is 19.8. The van der Waals surface area contributed by atoms with E-state index >= 15 is 0 Å². The summed E-state index contributed by atoms with van der Waals surface area (Å²) in [6.07, 6.45) is 0. The second-order valence-corrected chi connectivity index (χ2v) is 8.53. The van der Waals surface area contributed by atoms with Crippen LogP contribution in [0, 0.1) is 0 Å². The molecule has 3 aromatic carbocycles. The van der Waals surface area contributed by atoms with Gasteiger partial charge in [-0.25, -0.2) is 4.79 Å². The van der Waals surface area contributed by atoms with E-state index in [0.29, 0.717) is 23.5 Å². The van der Waals surface area contributed by atoms with Crippen molar-refractivity contribution in [3.05, 3.63) is 84.4 Å². The van der Waals surface area contributed by atoms with Crippen LogP contribution in [0.1, 0.15) is 24.2 Å². The fourth-order valence-electron chi connectivity index (χ4n) is 3.20. The average molecular weight is 463 g/mol. The molecule has 0 heterocycles. The smallest absolute Gasteiger partial charge is 0.323 e. The highest BCUT2D eigenvalue weighted by Gasteiger charge is 2.08. The fraction of sp³-hybridized carbons (Fsp3) is 0.231. The van der Waals surface area contributed by atoms with Crippen LogP contribution in [-0.2, 0) is 0 Å². The molecule has 0 aliphatic heterocycles. The van der Waals surface area contributed by atoms with Crippen LogP contribution in [0.25, 0.3) is 0 Å². The van der Waals surface area contributed by atoms with Gasteiger partial charge < -0.3 is 20.9 Å². The van der Waals surface area contributed by atoms with Crippen molar-refractivity contribution in [1.82, 2.24) is 10.2 Å². The van der Waals surface area contributed by atoms with Gasteiger partial charge in [-0.15, -0.1) is 0 Å². The number of anilines is 2. The quantitative estimate of drug-likeness (QED) is 0.369. The van der Waals surface area contributed by atoms with E-state index in [9.17, 15) is 9.59 Å². The van der Waals surface area contributed by atoms with E-state index in [1.165, 1.54) is 0 Å². The van der Waals surface area contributed by atoms with Gasteiger partial charge in [0.25, 0.3) is 5.91 Å². The molecule has 0 unspecified atom stereocenters. The summed E-state index contributed by atoms with van der Waals surface area (Å²) in [5, 5.41) is 8.54. The molecular formula is C26H30N4O2S.